The van der Waals surface area contributed by atoms with Crippen molar-refractivity contribution in [2.24, 2.45) is 0 Å². The molecule has 0 bridgehead atoms. The minimum atomic E-state index is -0.849. The molecule has 1 aliphatic rings. The van der Waals surface area contributed by atoms with E-state index in [2.05, 4.69) is 6.58 Å². The minimum Gasteiger partial charge on any atom is -0.507 e. The molecule has 4 N–H and O–H groups in total. The summed E-state index contributed by atoms with van der Waals surface area (Å²) in [5, 5.41) is 43.0. The zero-order valence-corrected chi connectivity index (χ0v) is 22.2. The number of ether oxygens (including phenoxy) is 1. The lowest BCUT2D eigenvalue weighted by atomic mass is 9.82. The maximum absolute atomic E-state index is 13.4. The van der Waals surface area contributed by atoms with Crippen LogP contribution >= 0.6 is 0 Å². The van der Waals surface area contributed by atoms with E-state index in [1.54, 1.807) is 19.9 Å². The molecule has 7 heteroatoms. The Morgan fingerprint density at radius 3 is 2.41 bits per heavy atom. The van der Waals surface area contributed by atoms with Crippen LogP contribution in [0.2, 0.25) is 0 Å². The molecule has 0 atom stereocenters. The van der Waals surface area contributed by atoms with E-state index in [0.717, 1.165) is 22.8 Å². The summed E-state index contributed by atoms with van der Waals surface area (Å²) >= 11 is 0. The van der Waals surface area contributed by atoms with Gasteiger partial charge in [-0.2, -0.15) is 0 Å². The Kier molecular flexibility index (Phi) is 6.31. The number of rotatable bonds is 5. The van der Waals surface area contributed by atoms with Crippen molar-refractivity contribution in [2.75, 3.05) is 0 Å². The van der Waals surface area contributed by atoms with Gasteiger partial charge in [-0.15, -0.1) is 6.58 Å². The molecule has 0 amide bonds. The van der Waals surface area contributed by atoms with Gasteiger partial charge in [0.05, 0.1) is 0 Å². The van der Waals surface area contributed by atoms with Gasteiger partial charge < -0.3 is 29.6 Å². The third-order valence-electron chi connectivity index (χ3n) is 7.05. The van der Waals surface area contributed by atoms with Gasteiger partial charge in [0, 0.05) is 28.2 Å². The molecule has 0 saturated heterocycles. The van der Waals surface area contributed by atoms with Gasteiger partial charge in [-0.25, -0.2) is 0 Å². The van der Waals surface area contributed by atoms with Gasteiger partial charge in [0.15, 0.2) is 17.3 Å². The van der Waals surface area contributed by atoms with E-state index in [4.69, 9.17) is 9.15 Å². The van der Waals surface area contributed by atoms with Gasteiger partial charge in [-0.3, -0.25) is 4.79 Å². The van der Waals surface area contributed by atoms with Crippen LogP contribution in [0, 0.1) is 0 Å². The highest BCUT2D eigenvalue weighted by Gasteiger charge is 2.34. The van der Waals surface area contributed by atoms with Crippen molar-refractivity contribution in [2.45, 2.75) is 71.8 Å². The molecule has 0 unspecified atom stereocenters. The number of phenols is 3. The largest absolute Gasteiger partial charge is 0.507 e. The van der Waals surface area contributed by atoms with E-state index >= 15 is 0 Å². The Morgan fingerprint density at radius 2 is 1.78 bits per heavy atom. The predicted octanol–water partition coefficient (Wildman–Crippen LogP) is 6.36. The Balaban J connectivity index is 2.14. The van der Waals surface area contributed by atoms with E-state index in [0.29, 0.717) is 30.6 Å². The first-order valence-electron chi connectivity index (χ1n) is 12.3. The monoisotopic (exact) mass is 506 g/mol. The summed E-state index contributed by atoms with van der Waals surface area (Å²) in [7, 11) is 0. The molecule has 0 fully saturated rings. The van der Waals surface area contributed by atoms with Crippen molar-refractivity contribution in [3.8, 4) is 40.1 Å². The number of hydrogen-bond donors (Lipinski definition) is 4. The number of allylic oxidation sites excluding steroid dienone is 3. The number of fused-ring (bicyclic) bond motifs is 2. The molecule has 0 saturated carbocycles. The van der Waals surface area contributed by atoms with Crippen molar-refractivity contribution >= 4 is 11.0 Å². The first kappa shape index (κ1) is 26.2. The highest BCUT2D eigenvalue weighted by molar-refractivity contribution is 5.92. The van der Waals surface area contributed by atoms with Gasteiger partial charge >= 0.3 is 0 Å². The summed E-state index contributed by atoms with van der Waals surface area (Å²) in [6, 6.07) is 2.49. The number of aromatic hydroxyl groups is 4. The fourth-order valence-corrected chi connectivity index (χ4v) is 4.85. The van der Waals surface area contributed by atoms with E-state index in [-0.39, 0.29) is 33.8 Å². The third kappa shape index (κ3) is 4.43. The first-order chi connectivity index (χ1) is 17.2. The number of hydrogen-bond acceptors (Lipinski definition) is 7. The van der Waals surface area contributed by atoms with Crippen LogP contribution in [0.3, 0.4) is 0 Å². The first-order valence-corrected chi connectivity index (χ1v) is 12.3. The van der Waals surface area contributed by atoms with Crippen LogP contribution in [-0.2, 0) is 18.3 Å². The molecule has 0 spiro atoms. The van der Waals surface area contributed by atoms with Crippen molar-refractivity contribution in [1.82, 2.24) is 0 Å². The average Bonchev–Trinajstić information content (AvgIpc) is 2.79. The second kappa shape index (κ2) is 8.91. The van der Waals surface area contributed by atoms with Crippen LogP contribution in [0.5, 0.6) is 28.7 Å². The standard InChI is InChI=1S/C30H34O7/c1-8-29(4,5)23-20(32)14-19(31)22-24(34)25(35)27(36-28(22)23)18-13-21(33)26-17(11-12-30(6,7)37-26)16(18)10-9-15(2)3/h8-9,13-14,31-33,35H,1,10-12H2,2-7H3. The molecule has 3 aromatic rings. The second-order valence-electron chi connectivity index (χ2n) is 11.1. The molecule has 2 heterocycles. The topological polar surface area (TPSA) is 120 Å². The molecule has 1 aliphatic heterocycles. The smallest absolute Gasteiger partial charge is 0.238 e. The normalized spacial score (nSPS) is 14.6. The molecule has 2 aromatic carbocycles. The van der Waals surface area contributed by atoms with E-state index in [1.165, 1.54) is 6.07 Å². The van der Waals surface area contributed by atoms with Gasteiger partial charge in [0.2, 0.25) is 11.2 Å². The van der Waals surface area contributed by atoms with Crippen molar-refractivity contribution in [3.05, 3.63) is 63.4 Å². The fourth-order valence-electron chi connectivity index (χ4n) is 4.85. The summed E-state index contributed by atoms with van der Waals surface area (Å²) in [5.74, 6) is -1.41. The summed E-state index contributed by atoms with van der Waals surface area (Å²) in [4.78, 5) is 13.4. The molecule has 0 aliphatic carbocycles. The molecule has 37 heavy (non-hydrogen) atoms. The summed E-state index contributed by atoms with van der Waals surface area (Å²) in [5.41, 5.74) is 0.945. The zero-order chi connectivity index (χ0) is 27.4. The van der Waals surface area contributed by atoms with Crippen LogP contribution in [0.15, 0.2) is 45.6 Å². The number of benzene rings is 2. The Hall–Kier alpha value is -3.87. The summed E-state index contributed by atoms with van der Waals surface area (Å²) in [6.07, 6.45) is 5.37. The molecular formula is C30H34O7. The maximum atomic E-state index is 13.4. The second-order valence-corrected chi connectivity index (χ2v) is 11.1. The molecule has 1 aromatic heterocycles. The number of phenolic OH excluding ortho intramolecular Hbond substituents is 3. The van der Waals surface area contributed by atoms with Crippen molar-refractivity contribution in [3.63, 3.8) is 0 Å². The maximum Gasteiger partial charge on any atom is 0.238 e. The molecule has 4 rings (SSSR count). The lowest BCUT2D eigenvalue weighted by molar-refractivity contribution is 0.0803. The summed E-state index contributed by atoms with van der Waals surface area (Å²) in [6.45, 7) is 15.2. The SMILES string of the molecule is C=CC(C)(C)c1c(O)cc(O)c2c(=O)c(O)c(-c3cc(O)c4c(c3CC=C(C)C)CCC(C)(C)O4)oc12. The molecule has 196 valence electrons. The average molecular weight is 507 g/mol. The molecule has 0 radical (unpaired) electrons. The van der Waals surface area contributed by atoms with Crippen LogP contribution in [0.25, 0.3) is 22.3 Å². The highest BCUT2D eigenvalue weighted by Crippen LogP contribution is 2.48. The van der Waals surface area contributed by atoms with Gasteiger partial charge in [0.25, 0.3) is 0 Å². The van der Waals surface area contributed by atoms with Crippen molar-refractivity contribution in [1.29, 1.82) is 0 Å². The summed E-state index contributed by atoms with van der Waals surface area (Å²) < 4.78 is 12.3. The van der Waals surface area contributed by atoms with Gasteiger partial charge in [-0.1, -0.05) is 31.6 Å². The predicted molar refractivity (Wildman–Crippen MR) is 144 cm³/mol. The third-order valence-corrected chi connectivity index (χ3v) is 7.05. The van der Waals surface area contributed by atoms with E-state index in [9.17, 15) is 25.2 Å². The quantitative estimate of drug-likeness (QED) is 0.297. The van der Waals surface area contributed by atoms with Crippen LogP contribution < -0.4 is 10.2 Å². The minimum absolute atomic E-state index is 0.0667. The van der Waals surface area contributed by atoms with Crippen LogP contribution in [0.1, 0.15) is 64.7 Å². The van der Waals surface area contributed by atoms with Crippen LogP contribution in [-0.4, -0.2) is 26.0 Å². The zero-order valence-electron chi connectivity index (χ0n) is 22.2. The lowest BCUT2D eigenvalue weighted by Crippen LogP contribution is -2.33. The Morgan fingerprint density at radius 1 is 1.11 bits per heavy atom. The highest BCUT2D eigenvalue weighted by atomic mass is 16.5. The van der Waals surface area contributed by atoms with Crippen molar-refractivity contribution < 1.29 is 29.6 Å². The van der Waals surface area contributed by atoms with Gasteiger partial charge in [-0.05, 0) is 58.6 Å². The van der Waals surface area contributed by atoms with Gasteiger partial charge in [0.1, 0.15) is 28.1 Å². The fraction of sp³-hybridized carbons (Fsp3) is 0.367. The van der Waals surface area contributed by atoms with Crippen LogP contribution in [0.4, 0.5) is 0 Å². The van der Waals surface area contributed by atoms with E-state index in [1.807, 2.05) is 33.8 Å². The Labute approximate surface area is 216 Å². The Bertz CT molecular complexity index is 1520. The lowest BCUT2D eigenvalue weighted by Gasteiger charge is -2.34. The molecule has 7 nitrogen and oxygen atoms in total. The van der Waals surface area contributed by atoms with E-state index < -0.39 is 27.9 Å². The molecular weight excluding hydrogens is 472 g/mol.